The first kappa shape index (κ1) is 17.4. The second-order valence-corrected chi connectivity index (χ2v) is 6.85. The summed E-state index contributed by atoms with van der Waals surface area (Å²) in [6.45, 7) is 3.19. The summed E-state index contributed by atoms with van der Waals surface area (Å²) < 4.78 is 27.0. The third kappa shape index (κ3) is 3.51. The van der Waals surface area contributed by atoms with Gasteiger partial charge >= 0.3 is 5.97 Å². The molecule has 9 heteroatoms. The van der Waals surface area contributed by atoms with Crippen LogP contribution in [0, 0.1) is 24.0 Å². The van der Waals surface area contributed by atoms with Crippen molar-refractivity contribution in [2.45, 2.75) is 18.7 Å². The van der Waals surface area contributed by atoms with Gasteiger partial charge < -0.3 is 5.11 Å². The molecule has 8 nitrogen and oxygen atoms in total. The number of hydrogen-bond donors (Lipinski definition) is 2. The van der Waals surface area contributed by atoms with E-state index in [9.17, 15) is 28.4 Å². The van der Waals surface area contributed by atoms with Crippen LogP contribution >= 0.6 is 0 Å². The number of carbonyl (C=O) groups is 1. The molecule has 2 rings (SSSR count). The summed E-state index contributed by atoms with van der Waals surface area (Å²) in [4.78, 5) is 21.4. The zero-order chi connectivity index (χ0) is 18.1. The minimum atomic E-state index is -4.02. The third-order valence-corrected chi connectivity index (χ3v) is 4.69. The Morgan fingerprint density at radius 3 is 2.25 bits per heavy atom. The van der Waals surface area contributed by atoms with Crippen LogP contribution in [0.3, 0.4) is 0 Å². The molecule has 0 aliphatic heterocycles. The van der Waals surface area contributed by atoms with Gasteiger partial charge in [0.1, 0.15) is 0 Å². The fraction of sp³-hybridized carbons (Fsp3) is 0.133. The van der Waals surface area contributed by atoms with Gasteiger partial charge in [-0.2, -0.15) is 0 Å². The van der Waals surface area contributed by atoms with Crippen molar-refractivity contribution in [3.8, 4) is 0 Å². The molecule has 0 unspecified atom stereocenters. The minimum Gasteiger partial charge on any atom is -0.478 e. The van der Waals surface area contributed by atoms with Gasteiger partial charge in [0.15, 0.2) is 0 Å². The highest BCUT2D eigenvalue weighted by Crippen LogP contribution is 2.29. The number of sulfonamides is 1. The van der Waals surface area contributed by atoms with Crippen LogP contribution in [0.4, 0.5) is 11.4 Å². The molecule has 0 radical (unpaired) electrons. The quantitative estimate of drug-likeness (QED) is 0.630. The number of non-ortho nitro benzene ring substituents is 1. The number of aromatic carboxylic acids is 1. The number of carboxylic acids is 1. The van der Waals surface area contributed by atoms with Crippen LogP contribution in [-0.2, 0) is 10.0 Å². The Morgan fingerprint density at radius 2 is 1.75 bits per heavy atom. The van der Waals surface area contributed by atoms with Gasteiger partial charge in [-0.25, -0.2) is 13.2 Å². The monoisotopic (exact) mass is 350 g/mol. The summed E-state index contributed by atoms with van der Waals surface area (Å²) in [7, 11) is -4.02. The summed E-state index contributed by atoms with van der Waals surface area (Å²) in [5.41, 5.74) is -0.113. The highest BCUT2D eigenvalue weighted by Gasteiger charge is 2.23. The van der Waals surface area contributed by atoms with Crippen molar-refractivity contribution in [2.75, 3.05) is 4.72 Å². The lowest BCUT2D eigenvalue weighted by Crippen LogP contribution is -2.17. The molecular formula is C15H14N2O6S. The zero-order valence-electron chi connectivity index (χ0n) is 12.8. The molecule has 0 aromatic heterocycles. The molecule has 126 valence electrons. The van der Waals surface area contributed by atoms with Crippen LogP contribution in [0.5, 0.6) is 0 Å². The maximum absolute atomic E-state index is 12.4. The van der Waals surface area contributed by atoms with Gasteiger partial charge in [-0.15, -0.1) is 0 Å². The van der Waals surface area contributed by atoms with E-state index >= 15 is 0 Å². The van der Waals surface area contributed by atoms with E-state index in [1.807, 2.05) is 0 Å². The molecule has 2 aromatic carbocycles. The zero-order valence-corrected chi connectivity index (χ0v) is 13.6. The fourth-order valence-corrected chi connectivity index (χ4v) is 3.24. The van der Waals surface area contributed by atoms with E-state index in [4.69, 9.17) is 0 Å². The van der Waals surface area contributed by atoms with E-state index < -0.39 is 32.2 Å². The lowest BCUT2D eigenvalue weighted by Gasteiger charge is -2.13. The van der Waals surface area contributed by atoms with Crippen molar-refractivity contribution in [2.24, 2.45) is 0 Å². The molecule has 0 aliphatic carbocycles. The molecule has 2 aromatic rings. The summed E-state index contributed by atoms with van der Waals surface area (Å²) >= 11 is 0. The van der Waals surface area contributed by atoms with Gasteiger partial charge in [0.2, 0.25) is 0 Å². The molecule has 0 fully saturated rings. The van der Waals surface area contributed by atoms with Crippen LogP contribution in [-0.4, -0.2) is 24.4 Å². The van der Waals surface area contributed by atoms with Crippen molar-refractivity contribution < 1.29 is 23.2 Å². The standard InChI is InChI=1S/C15H14N2O6S/c1-9-3-5-12(6-4-9)24(22,23)16-14-10(2)7-11(17(20)21)8-13(14)15(18)19/h3-8,16H,1-2H3,(H,18,19). The SMILES string of the molecule is Cc1ccc(S(=O)(=O)Nc2c(C)cc([N+](=O)[O-])cc2C(=O)O)cc1. The Labute approximate surface area is 138 Å². The van der Waals surface area contributed by atoms with E-state index in [0.29, 0.717) is 0 Å². The van der Waals surface area contributed by atoms with Crippen molar-refractivity contribution in [1.82, 2.24) is 0 Å². The number of benzene rings is 2. The number of nitro groups is 1. The van der Waals surface area contributed by atoms with E-state index in [2.05, 4.69) is 4.72 Å². The Kier molecular flexibility index (Phi) is 4.56. The summed E-state index contributed by atoms with van der Waals surface area (Å²) in [6.07, 6.45) is 0. The molecular weight excluding hydrogens is 336 g/mol. The van der Waals surface area contributed by atoms with Gasteiger partial charge in [0, 0.05) is 12.1 Å². The fourth-order valence-electron chi connectivity index (χ4n) is 2.09. The van der Waals surface area contributed by atoms with E-state index in [-0.39, 0.29) is 16.1 Å². The molecule has 0 atom stereocenters. The predicted octanol–water partition coefficient (Wildman–Crippen LogP) is 2.71. The first-order valence-electron chi connectivity index (χ1n) is 6.73. The van der Waals surface area contributed by atoms with Crippen molar-refractivity contribution in [3.05, 3.63) is 63.2 Å². The summed E-state index contributed by atoms with van der Waals surface area (Å²) in [5.74, 6) is -1.47. The Balaban J connectivity index is 2.54. The van der Waals surface area contributed by atoms with Crippen LogP contribution in [0.2, 0.25) is 0 Å². The predicted molar refractivity (Wildman–Crippen MR) is 86.8 cm³/mol. The Hall–Kier alpha value is -2.94. The molecule has 0 amide bonds. The molecule has 24 heavy (non-hydrogen) atoms. The molecule has 0 heterocycles. The Morgan fingerprint density at radius 1 is 1.17 bits per heavy atom. The van der Waals surface area contributed by atoms with Crippen LogP contribution in [0.1, 0.15) is 21.5 Å². The minimum absolute atomic E-state index is 0.0396. The molecule has 0 bridgehead atoms. The van der Waals surface area contributed by atoms with E-state index in [1.54, 1.807) is 19.1 Å². The molecule has 0 saturated carbocycles. The first-order chi connectivity index (χ1) is 11.1. The summed E-state index contributed by atoms with van der Waals surface area (Å²) in [6, 6.07) is 7.92. The topological polar surface area (TPSA) is 127 Å². The van der Waals surface area contributed by atoms with E-state index in [1.165, 1.54) is 19.1 Å². The van der Waals surface area contributed by atoms with Crippen LogP contribution < -0.4 is 4.72 Å². The third-order valence-electron chi connectivity index (χ3n) is 3.33. The molecule has 2 N–H and O–H groups in total. The second kappa shape index (κ2) is 6.28. The second-order valence-electron chi connectivity index (χ2n) is 5.17. The number of nitrogens with zero attached hydrogens (tertiary/aromatic N) is 1. The Bertz CT molecular complexity index is 920. The molecule has 0 spiro atoms. The van der Waals surface area contributed by atoms with Gasteiger partial charge in [0.05, 0.1) is 21.1 Å². The smallest absolute Gasteiger partial charge is 0.338 e. The lowest BCUT2D eigenvalue weighted by molar-refractivity contribution is -0.384. The first-order valence-corrected chi connectivity index (χ1v) is 8.22. The number of nitro benzene ring substituents is 1. The number of hydrogen-bond acceptors (Lipinski definition) is 5. The van der Waals surface area contributed by atoms with Gasteiger partial charge in [0.25, 0.3) is 15.7 Å². The van der Waals surface area contributed by atoms with Gasteiger partial charge in [-0.3, -0.25) is 14.8 Å². The van der Waals surface area contributed by atoms with Crippen LogP contribution in [0.15, 0.2) is 41.3 Å². The van der Waals surface area contributed by atoms with Gasteiger partial charge in [-0.1, -0.05) is 17.7 Å². The molecule has 0 aliphatic rings. The number of aryl methyl sites for hydroxylation is 2. The van der Waals surface area contributed by atoms with Gasteiger partial charge in [-0.05, 0) is 31.5 Å². The summed E-state index contributed by atoms with van der Waals surface area (Å²) in [5, 5.41) is 20.1. The largest absolute Gasteiger partial charge is 0.478 e. The number of carboxylic acid groups (broad SMARTS) is 1. The lowest BCUT2D eigenvalue weighted by atomic mass is 10.1. The average molecular weight is 350 g/mol. The maximum Gasteiger partial charge on any atom is 0.338 e. The number of rotatable bonds is 5. The van der Waals surface area contributed by atoms with Crippen LogP contribution in [0.25, 0.3) is 0 Å². The highest BCUT2D eigenvalue weighted by atomic mass is 32.2. The number of nitrogens with one attached hydrogen (secondary N) is 1. The number of anilines is 1. The molecule has 0 saturated heterocycles. The van der Waals surface area contributed by atoms with Crippen molar-refractivity contribution in [3.63, 3.8) is 0 Å². The van der Waals surface area contributed by atoms with Crippen molar-refractivity contribution >= 4 is 27.4 Å². The highest BCUT2D eigenvalue weighted by molar-refractivity contribution is 7.92. The van der Waals surface area contributed by atoms with E-state index in [0.717, 1.165) is 17.7 Å². The normalized spacial score (nSPS) is 11.1. The maximum atomic E-state index is 12.4. The average Bonchev–Trinajstić information content (AvgIpc) is 2.48. The van der Waals surface area contributed by atoms with Crippen molar-refractivity contribution in [1.29, 1.82) is 0 Å².